The van der Waals surface area contributed by atoms with E-state index >= 15 is 0 Å². The summed E-state index contributed by atoms with van der Waals surface area (Å²) in [5, 5.41) is 5.24. The Kier molecular flexibility index (Phi) is 7.26. The molecule has 2 aromatic carbocycles. The van der Waals surface area contributed by atoms with Gasteiger partial charge in [-0.25, -0.2) is 4.68 Å². The molecule has 0 amide bonds. The van der Waals surface area contributed by atoms with Crippen LogP contribution in [0.5, 0.6) is 0 Å². The number of nitrogens with zero attached hydrogens (tertiary/aromatic N) is 5. The van der Waals surface area contributed by atoms with Crippen molar-refractivity contribution in [2.45, 2.75) is 58.5 Å². The normalized spacial score (nSPS) is 17.8. The zero-order chi connectivity index (χ0) is 24.4. The van der Waals surface area contributed by atoms with Crippen LogP contribution >= 0.6 is 0 Å². The molecule has 1 atom stereocenters. The van der Waals surface area contributed by atoms with Gasteiger partial charge in [-0.15, -0.1) is 0 Å². The van der Waals surface area contributed by atoms with Crippen molar-refractivity contribution in [2.75, 3.05) is 44.7 Å². The predicted octanol–water partition coefficient (Wildman–Crippen LogP) is 5.26. The van der Waals surface area contributed by atoms with Crippen LogP contribution in [-0.4, -0.2) is 65.4 Å². The second-order valence-corrected chi connectivity index (χ2v) is 10.6. The average molecular weight is 472 g/mol. The van der Waals surface area contributed by atoms with Gasteiger partial charge in [-0.3, -0.25) is 4.90 Å². The summed E-state index contributed by atoms with van der Waals surface area (Å²) in [6.45, 7) is 13.2. The molecule has 5 nitrogen and oxygen atoms in total. The van der Waals surface area contributed by atoms with Gasteiger partial charge in [0.2, 0.25) is 0 Å². The molecule has 35 heavy (non-hydrogen) atoms. The highest BCUT2D eigenvalue weighted by Gasteiger charge is 2.33. The molecule has 1 aliphatic heterocycles. The molecule has 1 aliphatic carbocycles. The fourth-order valence-electron chi connectivity index (χ4n) is 5.44. The molecular formula is C30H41N5. The van der Waals surface area contributed by atoms with Crippen LogP contribution in [0.3, 0.4) is 0 Å². The molecule has 0 N–H and O–H groups in total. The van der Waals surface area contributed by atoms with E-state index in [4.69, 9.17) is 5.10 Å². The van der Waals surface area contributed by atoms with E-state index in [-0.39, 0.29) is 0 Å². The van der Waals surface area contributed by atoms with E-state index < -0.39 is 0 Å². The summed E-state index contributed by atoms with van der Waals surface area (Å²) in [5.41, 5.74) is 6.57. The zero-order valence-corrected chi connectivity index (χ0v) is 22.0. The SMILES string of the molecule is CCc1nn(-c2cccc(C)c2)c(N2CCN(C)CC2)c1CN(CC(C)c1ccccc1)C1CC1. The number of aromatic nitrogens is 2. The number of hydrogen-bond acceptors (Lipinski definition) is 4. The Morgan fingerprint density at radius 1 is 1.00 bits per heavy atom. The van der Waals surface area contributed by atoms with Crippen molar-refractivity contribution in [1.82, 2.24) is 19.6 Å². The highest BCUT2D eigenvalue weighted by atomic mass is 15.4. The third kappa shape index (κ3) is 5.46. The Hall–Kier alpha value is -2.63. The number of aryl methyl sites for hydroxylation is 2. The summed E-state index contributed by atoms with van der Waals surface area (Å²) in [6, 6.07) is 20.5. The van der Waals surface area contributed by atoms with Crippen LogP contribution in [0.2, 0.25) is 0 Å². The Balaban J connectivity index is 1.51. The maximum absolute atomic E-state index is 5.24. The fourth-order valence-corrected chi connectivity index (χ4v) is 5.44. The smallest absolute Gasteiger partial charge is 0.137 e. The first-order valence-electron chi connectivity index (χ1n) is 13.4. The number of anilines is 1. The van der Waals surface area contributed by atoms with Crippen molar-refractivity contribution in [1.29, 1.82) is 0 Å². The number of benzene rings is 2. The second kappa shape index (κ2) is 10.5. The molecule has 1 unspecified atom stereocenters. The predicted molar refractivity (Wildman–Crippen MR) is 146 cm³/mol. The number of rotatable bonds is 9. The van der Waals surface area contributed by atoms with Gasteiger partial charge in [-0.1, -0.05) is 56.3 Å². The van der Waals surface area contributed by atoms with Gasteiger partial charge in [0.1, 0.15) is 5.82 Å². The number of piperazine rings is 1. The Morgan fingerprint density at radius 3 is 2.40 bits per heavy atom. The summed E-state index contributed by atoms with van der Waals surface area (Å²) in [7, 11) is 2.23. The Morgan fingerprint density at radius 2 is 1.74 bits per heavy atom. The van der Waals surface area contributed by atoms with Gasteiger partial charge in [0.15, 0.2) is 0 Å². The van der Waals surface area contributed by atoms with Crippen LogP contribution in [0.1, 0.15) is 55.0 Å². The lowest BCUT2D eigenvalue weighted by Crippen LogP contribution is -2.45. The molecule has 2 fully saturated rings. The first kappa shape index (κ1) is 24.1. The minimum Gasteiger partial charge on any atom is -0.354 e. The van der Waals surface area contributed by atoms with Crippen molar-refractivity contribution in [3.8, 4) is 5.69 Å². The lowest BCUT2D eigenvalue weighted by molar-refractivity contribution is 0.241. The van der Waals surface area contributed by atoms with Gasteiger partial charge in [-0.05, 0) is 62.4 Å². The van der Waals surface area contributed by atoms with Crippen molar-refractivity contribution in [3.05, 3.63) is 77.0 Å². The van der Waals surface area contributed by atoms with E-state index in [9.17, 15) is 0 Å². The molecule has 5 heteroatoms. The van der Waals surface area contributed by atoms with Crippen molar-refractivity contribution in [3.63, 3.8) is 0 Å². The first-order chi connectivity index (χ1) is 17.0. The second-order valence-electron chi connectivity index (χ2n) is 10.6. The van der Waals surface area contributed by atoms with Crippen molar-refractivity contribution < 1.29 is 0 Å². The lowest BCUT2D eigenvalue weighted by Gasteiger charge is -2.35. The minimum atomic E-state index is 0.515. The molecule has 1 saturated heterocycles. The molecule has 2 heterocycles. The maximum Gasteiger partial charge on any atom is 0.137 e. The highest BCUT2D eigenvalue weighted by molar-refractivity contribution is 5.56. The maximum atomic E-state index is 5.24. The van der Waals surface area contributed by atoms with E-state index in [0.717, 1.165) is 45.7 Å². The third-order valence-corrected chi connectivity index (χ3v) is 7.72. The van der Waals surface area contributed by atoms with E-state index in [1.54, 1.807) is 0 Å². The zero-order valence-electron chi connectivity index (χ0n) is 22.0. The van der Waals surface area contributed by atoms with E-state index in [1.807, 2.05) is 0 Å². The molecule has 0 spiro atoms. The van der Waals surface area contributed by atoms with Gasteiger partial charge in [-0.2, -0.15) is 5.10 Å². The Bertz CT molecular complexity index is 1110. The Labute approximate surface area is 211 Å². The van der Waals surface area contributed by atoms with E-state index in [2.05, 4.69) is 102 Å². The molecule has 0 bridgehead atoms. The average Bonchev–Trinajstić information content (AvgIpc) is 3.66. The number of likely N-dealkylation sites (N-methyl/N-ethyl adjacent to an activating group) is 1. The minimum absolute atomic E-state index is 0.515. The van der Waals surface area contributed by atoms with Crippen LogP contribution in [0.15, 0.2) is 54.6 Å². The van der Waals surface area contributed by atoms with Crippen LogP contribution in [0, 0.1) is 6.92 Å². The van der Waals surface area contributed by atoms with Crippen LogP contribution in [0.4, 0.5) is 5.82 Å². The molecule has 1 aromatic heterocycles. The summed E-state index contributed by atoms with van der Waals surface area (Å²) in [4.78, 5) is 7.77. The van der Waals surface area contributed by atoms with Crippen LogP contribution in [-0.2, 0) is 13.0 Å². The highest BCUT2D eigenvalue weighted by Crippen LogP contribution is 2.35. The largest absolute Gasteiger partial charge is 0.354 e. The monoisotopic (exact) mass is 471 g/mol. The molecule has 2 aliphatic rings. The van der Waals surface area contributed by atoms with Crippen LogP contribution < -0.4 is 4.90 Å². The van der Waals surface area contributed by atoms with Crippen LogP contribution in [0.25, 0.3) is 5.69 Å². The summed E-state index contributed by atoms with van der Waals surface area (Å²) in [5.74, 6) is 1.83. The quantitative estimate of drug-likeness (QED) is 0.425. The van der Waals surface area contributed by atoms with Gasteiger partial charge < -0.3 is 9.80 Å². The van der Waals surface area contributed by atoms with Gasteiger partial charge in [0.25, 0.3) is 0 Å². The van der Waals surface area contributed by atoms with Crippen molar-refractivity contribution >= 4 is 5.82 Å². The van der Waals surface area contributed by atoms with E-state index in [1.165, 1.54) is 46.7 Å². The topological polar surface area (TPSA) is 27.5 Å². The summed E-state index contributed by atoms with van der Waals surface area (Å²) in [6.07, 6.45) is 3.60. The molecule has 0 radical (unpaired) electrons. The number of hydrogen-bond donors (Lipinski definition) is 0. The van der Waals surface area contributed by atoms with Gasteiger partial charge >= 0.3 is 0 Å². The van der Waals surface area contributed by atoms with E-state index in [0.29, 0.717) is 12.0 Å². The summed E-state index contributed by atoms with van der Waals surface area (Å²) >= 11 is 0. The first-order valence-corrected chi connectivity index (χ1v) is 13.4. The fraction of sp³-hybridized carbons (Fsp3) is 0.500. The molecular weight excluding hydrogens is 430 g/mol. The van der Waals surface area contributed by atoms with Crippen molar-refractivity contribution in [2.24, 2.45) is 0 Å². The molecule has 186 valence electrons. The van der Waals surface area contributed by atoms with Gasteiger partial charge in [0, 0.05) is 50.9 Å². The molecule has 3 aromatic rings. The third-order valence-electron chi connectivity index (χ3n) is 7.72. The summed E-state index contributed by atoms with van der Waals surface area (Å²) < 4.78 is 2.25. The molecule has 5 rings (SSSR count). The molecule has 1 saturated carbocycles. The lowest BCUT2D eigenvalue weighted by atomic mass is 10.00. The standard InChI is InChI=1S/C30H41N5/c1-5-29-28(22-34(26-14-15-26)21-24(3)25-11-7-6-8-12-25)30(33-18-16-32(4)17-19-33)35(31-29)27-13-9-10-23(2)20-27/h6-13,20,24,26H,5,14-19,21-22H2,1-4H3. The van der Waals surface area contributed by atoms with Gasteiger partial charge in [0.05, 0.1) is 11.4 Å².